The van der Waals surface area contributed by atoms with Gasteiger partial charge < -0.3 is 4.98 Å². The van der Waals surface area contributed by atoms with Crippen LogP contribution in [0.25, 0.3) is 21.9 Å². The molecule has 0 amide bonds. The van der Waals surface area contributed by atoms with Crippen molar-refractivity contribution in [3.05, 3.63) is 92.9 Å². The maximum atomic E-state index is 13.7. The van der Waals surface area contributed by atoms with E-state index in [0.717, 1.165) is 33.3 Å². The lowest BCUT2D eigenvalue weighted by atomic mass is 9.77. The van der Waals surface area contributed by atoms with Crippen LogP contribution >= 0.6 is 11.3 Å². The number of hydrogen-bond donors (Lipinski definition) is 1. The Morgan fingerprint density at radius 1 is 1.18 bits per heavy atom. The monoisotopic (exact) mass is 391 g/mol. The molecule has 4 rings (SSSR count). The van der Waals surface area contributed by atoms with Crippen LogP contribution in [0.15, 0.2) is 65.5 Å². The zero-order chi connectivity index (χ0) is 19.7. The van der Waals surface area contributed by atoms with Crippen LogP contribution in [-0.4, -0.2) is 4.98 Å². The smallest absolute Gasteiger partial charge is 0.305 e. The zero-order valence-electron chi connectivity index (χ0n) is 15.9. The number of benzene rings is 2. The molecule has 0 bridgehead atoms. The number of aromatic nitrogens is 1. The number of rotatable bonds is 4. The highest BCUT2D eigenvalue weighted by Crippen LogP contribution is 2.38. The molecular formula is C24H22FNOS. The van der Waals surface area contributed by atoms with Crippen molar-refractivity contribution < 1.29 is 4.39 Å². The Kier molecular flexibility index (Phi) is 5.14. The SMILES string of the molecule is CCC1C=CC=CC1/C(=C/c1ccc2sc(=O)[nH]c2c1)c1ccc(F)cc1C. The van der Waals surface area contributed by atoms with Crippen molar-refractivity contribution in [1.29, 1.82) is 0 Å². The Balaban J connectivity index is 1.87. The number of thiazole rings is 1. The third-order valence-corrected chi connectivity index (χ3v) is 6.21. The van der Waals surface area contributed by atoms with Gasteiger partial charge in [-0.25, -0.2) is 4.39 Å². The number of aromatic amines is 1. The fourth-order valence-corrected chi connectivity index (χ4v) is 4.64. The fraction of sp³-hybridized carbons (Fsp3) is 0.208. The Morgan fingerprint density at radius 2 is 2.00 bits per heavy atom. The van der Waals surface area contributed by atoms with E-state index in [1.165, 1.54) is 23.0 Å². The van der Waals surface area contributed by atoms with Crippen molar-refractivity contribution in [2.75, 3.05) is 0 Å². The molecule has 1 aromatic heterocycles. The largest absolute Gasteiger partial charge is 0.312 e. The summed E-state index contributed by atoms with van der Waals surface area (Å²) in [7, 11) is 0. The molecule has 4 heteroatoms. The highest BCUT2D eigenvalue weighted by atomic mass is 32.1. The number of aryl methyl sites for hydroxylation is 1. The van der Waals surface area contributed by atoms with Crippen LogP contribution in [-0.2, 0) is 0 Å². The summed E-state index contributed by atoms with van der Waals surface area (Å²) in [6.07, 6.45) is 11.9. The second-order valence-corrected chi connectivity index (χ2v) is 8.21. The molecule has 2 atom stereocenters. The molecule has 1 aliphatic carbocycles. The summed E-state index contributed by atoms with van der Waals surface area (Å²) in [5.74, 6) is 0.394. The summed E-state index contributed by atoms with van der Waals surface area (Å²) in [4.78, 5) is 14.5. The predicted molar refractivity (Wildman–Crippen MR) is 117 cm³/mol. The molecule has 1 aliphatic rings. The number of hydrogen-bond acceptors (Lipinski definition) is 2. The third kappa shape index (κ3) is 3.65. The van der Waals surface area contributed by atoms with E-state index in [1.807, 2.05) is 31.2 Å². The minimum Gasteiger partial charge on any atom is -0.312 e. The van der Waals surface area contributed by atoms with Gasteiger partial charge in [-0.1, -0.05) is 60.8 Å². The van der Waals surface area contributed by atoms with Crippen LogP contribution in [0.1, 0.15) is 30.0 Å². The molecule has 1 heterocycles. The van der Waals surface area contributed by atoms with Gasteiger partial charge in [0.25, 0.3) is 0 Å². The standard InChI is InChI=1S/C24H22FNOS/c1-3-17-6-4-5-7-20(17)21(19-10-9-18(25)12-15(19)2)13-16-8-11-23-22(14-16)26-24(27)28-23/h4-14,17,20H,3H2,1-2H3,(H,26,27)/b21-13+. The number of allylic oxidation sites excluding steroid dienone is 5. The number of nitrogens with one attached hydrogen (secondary N) is 1. The molecule has 3 aromatic rings. The van der Waals surface area contributed by atoms with Crippen molar-refractivity contribution in [2.24, 2.45) is 11.8 Å². The van der Waals surface area contributed by atoms with Crippen molar-refractivity contribution in [2.45, 2.75) is 20.3 Å². The molecule has 0 fully saturated rings. The average molecular weight is 392 g/mol. The molecule has 0 saturated heterocycles. The Labute approximate surface area is 167 Å². The first-order chi connectivity index (χ1) is 13.5. The van der Waals surface area contributed by atoms with Gasteiger partial charge in [-0.05, 0) is 65.8 Å². The molecule has 0 saturated carbocycles. The van der Waals surface area contributed by atoms with Gasteiger partial charge in [0, 0.05) is 5.92 Å². The number of fused-ring (bicyclic) bond motifs is 1. The Hall–Kier alpha value is -2.72. The minimum absolute atomic E-state index is 0.0443. The van der Waals surface area contributed by atoms with Crippen LogP contribution in [0.5, 0.6) is 0 Å². The topological polar surface area (TPSA) is 32.9 Å². The van der Waals surface area contributed by atoms with Crippen LogP contribution < -0.4 is 4.87 Å². The third-order valence-electron chi connectivity index (χ3n) is 5.34. The lowest BCUT2D eigenvalue weighted by Crippen LogP contribution is -2.14. The zero-order valence-corrected chi connectivity index (χ0v) is 16.7. The first-order valence-corrected chi connectivity index (χ1v) is 10.3. The van der Waals surface area contributed by atoms with Crippen molar-refractivity contribution in [3.63, 3.8) is 0 Å². The quantitative estimate of drug-likeness (QED) is 0.517. The first-order valence-electron chi connectivity index (χ1n) is 9.51. The summed E-state index contributed by atoms with van der Waals surface area (Å²) in [5.41, 5.74) is 5.03. The summed E-state index contributed by atoms with van der Waals surface area (Å²) in [6.45, 7) is 4.15. The van der Waals surface area contributed by atoms with E-state index in [4.69, 9.17) is 0 Å². The average Bonchev–Trinajstić information content (AvgIpc) is 3.06. The van der Waals surface area contributed by atoms with Gasteiger partial charge in [-0.15, -0.1) is 0 Å². The molecule has 0 radical (unpaired) electrons. The van der Waals surface area contributed by atoms with Gasteiger partial charge >= 0.3 is 4.87 Å². The maximum absolute atomic E-state index is 13.7. The lowest BCUT2D eigenvalue weighted by molar-refractivity contribution is 0.546. The van der Waals surface area contributed by atoms with E-state index in [1.54, 1.807) is 6.07 Å². The van der Waals surface area contributed by atoms with Gasteiger partial charge in [-0.3, -0.25) is 4.79 Å². The van der Waals surface area contributed by atoms with Crippen LogP contribution in [0, 0.1) is 24.6 Å². The fourth-order valence-electron chi connectivity index (χ4n) is 3.92. The normalized spacial score (nSPS) is 19.5. The molecule has 2 unspecified atom stereocenters. The molecule has 1 N–H and O–H groups in total. The van der Waals surface area contributed by atoms with Gasteiger partial charge in [-0.2, -0.15) is 0 Å². The van der Waals surface area contributed by atoms with E-state index < -0.39 is 0 Å². The predicted octanol–water partition coefficient (Wildman–Crippen LogP) is 6.35. The minimum atomic E-state index is -0.219. The summed E-state index contributed by atoms with van der Waals surface area (Å²) < 4.78 is 14.7. The molecule has 2 aromatic carbocycles. The second kappa shape index (κ2) is 7.72. The molecule has 0 spiro atoms. The summed E-state index contributed by atoms with van der Waals surface area (Å²) >= 11 is 1.22. The van der Waals surface area contributed by atoms with E-state index in [-0.39, 0.29) is 16.6 Å². The van der Waals surface area contributed by atoms with Gasteiger partial charge in [0.05, 0.1) is 10.2 Å². The summed E-state index contributed by atoms with van der Waals surface area (Å²) in [6, 6.07) is 11.0. The number of H-pyrrole nitrogens is 1. The van der Waals surface area contributed by atoms with Crippen LogP contribution in [0.3, 0.4) is 0 Å². The van der Waals surface area contributed by atoms with Crippen molar-refractivity contribution >= 4 is 33.2 Å². The highest BCUT2D eigenvalue weighted by molar-refractivity contribution is 7.16. The Bertz CT molecular complexity index is 1160. The Morgan fingerprint density at radius 3 is 2.79 bits per heavy atom. The van der Waals surface area contributed by atoms with Crippen LogP contribution in [0.4, 0.5) is 4.39 Å². The summed E-state index contributed by atoms with van der Waals surface area (Å²) in [5, 5.41) is 0. The van der Waals surface area contributed by atoms with Gasteiger partial charge in [0.1, 0.15) is 5.82 Å². The van der Waals surface area contributed by atoms with Gasteiger partial charge in [0.15, 0.2) is 0 Å². The maximum Gasteiger partial charge on any atom is 0.305 e. The molecule has 2 nitrogen and oxygen atoms in total. The van der Waals surface area contributed by atoms with Crippen LogP contribution in [0.2, 0.25) is 0 Å². The molecule has 142 valence electrons. The van der Waals surface area contributed by atoms with Gasteiger partial charge in [0.2, 0.25) is 0 Å². The first kappa shape index (κ1) is 18.6. The van der Waals surface area contributed by atoms with E-state index in [0.29, 0.717) is 5.92 Å². The molecular weight excluding hydrogens is 369 g/mol. The van der Waals surface area contributed by atoms with E-state index in [2.05, 4.69) is 42.3 Å². The lowest BCUT2D eigenvalue weighted by Gasteiger charge is -2.27. The van der Waals surface area contributed by atoms with Crippen molar-refractivity contribution in [3.8, 4) is 0 Å². The molecule has 28 heavy (non-hydrogen) atoms. The van der Waals surface area contributed by atoms with E-state index >= 15 is 0 Å². The molecule has 0 aliphatic heterocycles. The second-order valence-electron chi connectivity index (χ2n) is 7.20. The number of halogens is 1. The highest BCUT2D eigenvalue weighted by Gasteiger charge is 2.23. The van der Waals surface area contributed by atoms with Crippen molar-refractivity contribution in [1.82, 2.24) is 4.98 Å². The van der Waals surface area contributed by atoms with E-state index in [9.17, 15) is 9.18 Å².